The van der Waals surface area contributed by atoms with Gasteiger partial charge in [0.1, 0.15) is 11.7 Å². The lowest BCUT2D eigenvalue weighted by Crippen LogP contribution is -2.85. The average Bonchev–Trinajstić information content (AvgIpc) is 2.87. The predicted octanol–water partition coefficient (Wildman–Crippen LogP) is 0.494. The van der Waals surface area contributed by atoms with Gasteiger partial charge < -0.3 is 22.3 Å². The molecule has 11 nitrogen and oxygen atoms in total. The monoisotopic (exact) mass is 597 g/mol. The lowest BCUT2D eigenvalue weighted by atomic mass is 9.42. The third kappa shape index (κ3) is 3.81. The zero-order valence-corrected chi connectivity index (χ0v) is 22.9. The maximum atomic E-state index is 14.3. The van der Waals surface area contributed by atoms with Crippen molar-refractivity contribution in [3.8, 4) is 22.9 Å². The number of likely N-dealkylation sites (N-methyl/N-ethyl adjacent to an activating group) is 1. The van der Waals surface area contributed by atoms with Crippen LogP contribution < -0.4 is 17.2 Å². The molecule has 0 aliphatic heterocycles. The first-order valence-corrected chi connectivity index (χ1v) is 13.0. The van der Waals surface area contributed by atoms with Crippen LogP contribution in [0.1, 0.15) is 27.9 Å². The van der Waals surface area contributed by atoms with Gasteiger partial charge in [-0.05, 0) is 61.8 Å². The topological polar surface area (TPSA) is 211 Å². The Balaban J connectivity index is 1.74. The van der Waals surface area contributed by atoms with E-state index in [4.69, 9.17) is 17.2 Å². The number of rotatable bonds is 3. The number of primary amides is 1. The second kappa shape index (κ2) is 9.27. The SMILES string of the molecule is CN(C)[C@@H]1C(=O)C(C(N)=O)C(=O)[C@@]2(C#N)C(=O)C3C(=O)c4c(O)ccc(-c5ccc(C(F)(F)F)cc5)c4C[C@@]3(N)C[C@@]12N. The van der Waals surface area contributed by atoms with Crippen molar-refractivity contribution in [3.63, 3.8) is 0 Å². The van der Waals surface area contributed by atoms with Crippen LogP contribution in [0.25, 0.3) is 11.1 Å². The molecule has 2 aromatic rings. The minimum absolute atomic E-state index is 0.106. The molecule has 43 heavy (non-hydrogen) atoms. The van der Waals surface area contributed by atoms with Crippen LogP contribution in [0.4, 0.5) is 13.2 Å². The number of benzene rings is 2. The van der Waals surface area contributed by atoms with E-state index >= 15 is 0 Å². The van der Waals surface area contributed by atoms with E-state index in [1.807, 2.05) is 0 Å². The molecule has 6 atom stereocenters. The minimum Gasteiger partial charge on any atom is -0.507 e. The van der Waals surface area contributed by atoms with Crippen LogP contribution in [-0.2, 0) is 31.8 Å². The molecular formula is C29H26F3N5O6. The Morgan fingerprint density at radius 2 is 1.65 bits per heavy atom. The Labute approximate surface area is 242 Å². The summed E-state index contributed by atoms with van der Waals surface area (Å²) < 4.78 is 39.5. The standard InChI is InChI=1S/C29H26F3N5O6/c1-37(2)22-21(40)18(25(34)43)23(41)27(11-33)24(42)19-20(39)17-15(9-26(19,35)10-28(22,27)36)14(7-8-16(17)38)12-3-5-13(6-4-12)29(30,31)32/h3-8,18-19,22,38H,9-10,35-36H2,1-2H3,(H2,34,43)/t18?,19?,22-,26-,27+,28-/m1/s1. The number of phenols is 1. The van der Waals surface area contributed by atoms with Crippen molar-refractivity contribution in [2.24, 2.45) is 34.5 Å². The summed E-state index contributed by atoms with van der Waals surface area (Å²) >= 11 is 0. The third-order valence-electron chi connectivity index (χ3n) is 9.00. The van der Waals surface area contributed by atoms with Crippen molar-refractivity contribution in [3.05, 3.63) is 53.1 Å². The number of carbonyl (C=O) groups excluding carboxylic acids is 5. The van der Waals surface area contributed by atoms with Gasteiger partial charge in [-0.1, -0.05) is 18.2 Å². The molecule has 2 aromatic carbocycles. The van der Waals surface area contributed by atoms with Crippen molar-refractivity contribution < 1.29 is 42.3 Å². The molecule has 0 spiro atoms. The van der Waals surface area contributed by atoms with Gasteiger partial charge in [-0.2, -0.15) is 18.4 Å². The van der Waals surface area contributed by atoms with E-state index in [0.717, 1.165) is 18.2 Å². The molecular weight excluding hydrogens is 571 g/mol. The van der Waals surface area contributed by atoms with Gasteiger partial charge in [0, 0.05) is 5.54 Å². The largest absolute Gasteiger partial charge is 0.507 e. The van der Waals surface area contributed by atoms with Gasteiger partial charge in [-0.15, -0.1) is 0 Å². The van der Waals surface area contributed by atoms with Crippen molar-refractivity contribution >= 4 is 29.0 Å². The van der Waals surface area contributed by atoms with Crippen molar-refractivity contribution in [1.82, 2.24) is 4.90 Å². The van der Waals surface area contributed by atoms with E-state index in [0.29, 0.717) is 0 Å². The van der Waals surface area contributed by atoms with Crippen molar-refractivity contribution in [2.75, 3.05) is 14.1 Å². The molecule has 2 unspecified atom stereocenters. The predicted molar refractivity (Wildman–Crippen MR) is 142 cm³/mol. The summed E-state index contributed by atoms with van der Waals surface area (Å²) in [5, 5.41) is 21.2. The molecule has 224 valence electrons. The maximum Gasteiger partial charge on any atom is 0.416 e. The number of carbonyl (C=O) groups is 5. The zero-order chi connectivity index (χ0) is 32.0. The highest BCUT2D eigenvalue weighted by Gasteiger charge is 2.78. The van der Waals surface area contributed by atoms with Gasteiger partial charge in [-0.3, -0.25) is 28.9 Å². The van der Waals surface area contributed by atoms with Crippen molar-refractivity contribution in [2.45, 2.75) is 36.1 Å². The smallest absolute Gasteiger partial charge is 0.416 e. The lowest BCUT2D eigenvalue weighted by Gasteiger charge is -2.60. The summed E-state index contributed by atoms with van der Waals surface area (Å²) in [4.78, 5) is 69.1. The summed E-state index contributed by atoms with van der Waals surface area (Å²) in [6.45, 7) is 0. The second-order valence-electron chi connectivity index (χ2n) is 11.7. The molecule has 0 heterocycles. The molecule has 0 aromatic heterocycles. The number of amides is 1. The minimum atomic E-state index is -4.60. The first-order valence-electron chi connectivity index (χ1n) is 13.0. The number of aromatic hydroxyl groups is 1. The fourth-order valence-electron chi connectivity index (χ4n) is 7.32. The second-order valence-corrected chi connectivity index (χ2v) is 11.7. The number of Topliss-reactive ketones (excluding diaryl/α,β-unsaturated/α-hetero) is 4. The Morgan fingerprint density at radius 3 is 2.16 bits per heavy atom. The molecule has 7 N–H and O–H groups in total. The number of nitrogens with zero attached hydrogens (tertiary/aromatic N) is 2. The average molecular weight is 598 g/mol. The normalized spacial score (nSPS) is 32.1. The first-order chi connectivity index (χ1) is 19.9. The van der Waals surface area contributed by atoms with Crippen LogP contribution >= 0.6 is 0 Å². The Morgan fingerprint density at radius 1 is 1.05 bits per heavy atom. The number of nitrogens with two attached hydrogens (primary N) is 3. The third-order valence-corrected chi connectivity index (χ3v) is 9.00. The highest BCUT2D eigenvalue weighted by atomic mass is 19.4. The Bertz CT molecular complexity index is 1680. The summed E-state index contributed by atoms with van der Waals surface area (Å²) in [5.41, 5.74) is 11.1. The number of hydrogen-bond acceptors (Lipinski definition) is 10. The van der Waals surface area contributed by atoms with E-state index < -0.39 is 87.3 Å². The van der Waals surface area contributed by atoms with Crippen LogP contribution in [0.5, 0.6) is 5.75 Å². The molecule has 2 fully saturated rings. The van der Waals surface area contributed by atoms with Crippen LogP contribution in [-0.4, -0.2) is 70.3 Å². The first kappa shape index (κ1) is 30.0. The number of phenolic OH excluding ortho intramolecular Hbond substituents is 1. The van der Waals surface area contributed by atoms with Gasteiger partial charge in [0.05, 0.1) is 28.8 Å². The molecule has 1 amide bonds. The molecule has 0 saturated heterocycles. The van der Waals surface area contributed by atoms with Crippen LogP contribution in [0.2, 0.25) is 0 Å². The number of nitriles is 1. The van der Waals surface area contributed by atoms with E-state index in [2.05, 4.69) is 0 Å². The summed E-state index contributed by atoms with van der Waals surface area (Å²) in [6, 6.07) is 6.61. The molecule has 2 saturated carbocycles. The summed E-state index contributed by atoms with van der Waals surface area (Å²) in [5.74, 6) is -10.9. The Kier molecular flexibility index (Phi) is 6.47. The molecule has 3 aliphatic rings. The fraction of sp³-hybridized carbons (Fsp3) is 0.379. The van der Waals surface area contributed by atoms with Gasteiger partial charge in [0.2, 0.25) is 5.91 Å². The van der Waals surface area contributed by atoms with Gasteiger partial charge in [0.25, 0.3) is 0 Å². The highest BCUT2D eigenvalue weighted by molar-refractivity contribution is 6.33. The molecule has 0 bridgehead atoms. The number of ketones is 4. The maximum absolute atomic E-state index is 14.3. The van der Waals surface area contributed by atoms with Crippen molar-refractivity contribution in [1.29, 1.82) is 5.26 Å². The van der Waals surface area contributed by atoms with E-state index in [1.54, 1.807) is 6.07 Å². The number of alkyl halides is 3. The number of fused-ring (bicyclic) bond motifs is 3. The number of halogens is 3. The van der Waals surface area contributed by atoms with Crippen LogP contribution in [0.3, 0.4) is 0 Å². The summed E-state index contributed by atoms with van der Waals surface area (Å²) in [6.07, 6.45) is -5.56. The molecule has 0 radical (unpaired) electrons. The fourth-order valence-corrected chi connectivity index (χ4v) is 7.32. The number of hydrogen-bond donors (Lipinski definition) is 4. The zero-order valence-electron chi connectivity index (χ0n) is 22.9. The van der Waals surface area contributed by atoms with E-state index in [-0.39, 0.29) is 28.7 Å². The van der Waals surface area contributed by atoms with Gasteiger partial charge in [-0.25, -0.2) is 0 Å². The van der Waals surface area contributed by atoms with E-state index in [9.17, 15) is 47.5 Å². The molecule has 3 aliphatic carbocycles. The summed E-state index contributed by atoms with van der Waals surface area (Å²) in [7, 11) is 2.77. The lowest BCUT2D eigenvalue weighted by molar-refractivity contribution is -0.166. The quantitative estimate of drug-likeness (QED) is 0.360. The van der Waals surface area contributed by atoms with Gasteiger partial charge >= 0.3 is 6.18 Å². The van der Waals surface area contributed by atoms with Gasteiger partial charge in [0.15, 0.2) is 34.5 Å². The van der Waals surface area contributed by atoms with E-state index in [1.165, 1.54) is 37.2 Å². The Hall–Kier alpha value is -4.45. The van der Waals surface area contributed by atoms with Crippen LogP contribution in [0.15, 0.2) is 36.4 Å². The highest BCUT2D eigenvalue weighted by Crippen LogP contribution is 2.57. The molecule has 14 heteroatoms. The molecule has 5 rings (SSSR count). The van der Waals surface area contributed by atoms with Crippen LogP contribution in [0, 0.1) is 28.6 Å².